The van der Waals surface area contributed by atoms with Crippen LogP contribution in [0.5, 0.6) is 0 Å². The summed E-state index contributed by atoms with van der Waals surface area (Å²) in [6, 6.07) is 9.06. The van der Waals surface area contributed by atoms with E-state index in [-0.39, 0.29) is 0 Å². The smallest absolute Gasteiger partial charge is 0.0307 e. The van der Waals surface area contributed by atoms with Crippen LogP contribution >= 0.6 is 11.8 Å². The Balaban J connectivity index is 2.39. The molecule has 0 aromatic heterocycles. The maximum atomic E-state index is 5.60. The van der Waals surface area contributed by atoms with E-state index in [0.29, 0.717) is 6.04 Å². The zero-order valence-electron chi connectivity index (χ0n) is 11.1. The lowest BCUT2D eigenvalue weighted by Gasteiger charge is -2.19. The van der Waals surface area contributed by atoms with Crippen LogP contribution in [-0.2, 0) is 0 Å². The summed E-state index contributed by atoms with van der Waals surface area (Å²) in [5, 5.41) is 0. The third-order valence-corrected chi connectivity index (χ3v) is 4.27. The highest BCUT2D eigenvalue weighted by Crippen LogP contribution is 2.21. The Morgan fingerprint density at radius 3 is 2.47 bits per heavy atom. The van der Waals surface area contributed by atoms with Gasteiger partial charge in [-0.05, 0) is 31.4 Å². The number of thioether (sulfide) groups is 1. The molecule has 0 heterocycles. The summed E-state index contributed by atoms with van der Waals surface area (Å²) in [6.45, 7) is 6.62. The van der Waals surface area contributed by atoms with Crippen molar-refractivity contribution in [1.82, 2.24) is 5.43 Å². The standard InChI is InChI=1S/C14H24N2S/c1-4-11(2)9-13(16-15)10-17-14-7-5-12(3)6-8-14/h5-8,11,13,16H,4,9-10,15H2,1-3H3. The number of hydrogen-bond donors (Lipinski definition) is 2. The van der Waals surface area contributed by atoms with Crippen molar-refractivity contribution in [3.8, 4) is 0 Å². The number of hydrogen-bond acceptors (Lipinski definition) is 3. The molecule has 2 atom stereocenters. The summed E-state index contributed by atoms with van der Waals surface area (Å²) in [4.78, 5) is 1.32. The lowest BCUT2D eigenvalue weighted by Crippen LogP contribution is -2.38. The van der Waals surface area contributed by atoms with Crippen molar-refractivity contribution in [3.63, 3.8) is 0 Å². The minimum absolute atomic E-state index is 0.399. The quantitative estimate of drug-likeness (QED) is 0.444. The molecule has 0 fully saturated rings. The van der Waals surface area contributed by atoms with Crippen LogP contribution in [0.3, 0.4) is 0 Å². The molecule has 17 heavy (non-hydrogen) atoms. The fraction of sp³-hybridized carbons (Fsp3) is 0.571. The molecule has 2 unspecified atom stereocenters. The van der Waals surface area contributed by atoms with Crippen molar-refractivity contribution in [2.75, 3.05) is 5.75 Å². The second-order valence-corrected chi connectivity index (χ2v) is 5.83. The molecule has 96 valence electrons. The van der Waals surface area contributed by atoms with Crippen molar-refractivity contribution in [2.24, 2.45) is 11.8 Å². The van der Waals surface area contributed by atoms with Gasteiger partial charge in [-0.3, -0.25) is 11.3 Å². The second-order valence-electron chi connectivity index (χ2n) is 4.74. The fourth-order valence-electron chi connectivity index (χ4n) is 1.67. The van der Waals surface area contributed by atoms with E-state index in [1.165, 1.54) is 16.9 Å². The van der Waals surface area contributed by atoms with E-state index in [9.17, 15) is 0 Å². The van der Waals surface area contributed by atoms with E-state index < -0.39 is 0 Å². The van der Waals surface area contributed by atoms with Gasteiger partial charge in [0.1, 0.15) is 0 Å². The molecule has 1 aromatic carbocycles. The van der Waals surface area contributed by atoms with E-state index in [1.54, 1.807) is 0 Å². The summed E-state index contributed by atoms with van der Waals surface area (Å²) in [6.07, 6.45) is 2.36. The molecular formula is C14H24N2S. The maximum Gasteiger partial charge on any atom is 0.0307 e. The fourth-order valence-corrected chi connectivity index (χ4v) is 2.62. The topological polar surface area (TPSA) is 38.0 Å². The molecule has 0 radical (unpaired) electrons. The summed E-state index contributed by atoms with van der Waals surface area (Å²) < 4.78 is 0. The van der Waals surface area contributed by atoms with Gasteiger partial charge < -0.3 is 0 Å². The van der Waals surface area contributed by atoms with Crippen molar-refractivity contribution < 1.29 is 0 Å². The molecule has 2 nitrogen and oxygen atoms in total. The molecular weight excluding hydrogens is 228 g/mol. The number of nitrogens with one attached hydrogen (secondary N) is 1. The Morgan fingerprint density at radius 1 is 1.29 bits per heavy atom. The van der Waals surface area contributed by atoms with Crippen LogP contribution in [0.4, 0.5) is 0 Å². The molecule has 0 aliphatic rings. The van der Waals surface area contributed by atoms with Crippen LogP contribution in [-0.4, -0.2) is 11.8 Å². The van der Waals surface area contributed by atoms with Crippen LogP contribution in [0.15, 0.2) is 29.2 Å². The van der Waals surface area contributed by atoms with Crippen LogP contribution in [0.1, 0.15) is 32.3 Å². The Labute approximate surface area is 109 Å². The first-order valence-electron chi connectivity index (χ1n) is 6.31. The van der Waals surface area contributed by atoms with E-state index in [1.807, 2.05) is 11.8 Å². The third kappa shape index (κ3) is 5.57. The van der Waals surface area contributed by atoms with Gasteiger partial charge >= 0.3 is 0 Å². The molecule has 1 aromatic rings. The molecule has 0 aliphatic carbocycles. The normalized spacial score (nSPS) is 14.6. The van der Waals surface area contributed by atoms with Gasteiger partial charge in [0.2, 0.25) is 0 Å². The minimum atomic E-state index is 0.399. The van der Waals surface area contributed by atoms with Crippen LogP contribution in [0.25, 0.3) is 0 Å². The number of nitrogens with two attached hydrogens (primary N) is 1. The lowest BCUT2D eigenvalue weighted by molar-refractivity contribution is 0.423. The summed E-state index contributed by atoms with van der Waals surface area (Å²) >= 11 is 1.87. The Morgan fingerprint density at radius 2 is 1.94 bits per heavy atom. The van der Waals surface area contributed by atoms with E-state index in [2.05, 4.69) is 50.5 Å². The molecule has 0 saturated carbocycles. The Hall–Kier alpha value is -0.510. The molecule has 0 amide bonds. The van der Waals surface area contributed by atoms with Gasteiger partial charge in [-0.15, -0.1) is 11.8 Å². The van der Waals surface area contributed by atoms with Crippen molar-refractivity contribution in [1.29, 1.82) is 0 Å². The molecule has 1 rings (SSSR count). The summed E-state index contributed by atoms with van der Waals surface area (Å²) in [5.74, 6) is 7.36. The average Bonchev–Trinajstić information content (AvgIpc) is 2.36. The Bertz CT molecular complexity index is 311. The van der Waals surface area contributed by atoms with Crippen molar-refractivity contribution >= 4 is 11.8 Å². The van der Waals surface area contributed by atoms with Gasteiger partial charge in [0, 0.05) is 16.7 Å². The molecule has 0 spiro atoms. The largest absolute Gasteiger partial charge is 0.271 e. The zero-order chi connectivity index (χ0) is 12.7. The van der Waals surface area contributed by atoms with E-state index in [0.717, 1.165) is 18.1 Å². The Kier molecular flexibility index (Phi) is 6.63. The molecule has 0 aliphatic heterocycles. The highest BCUT2D eigenvalue weighted by molar-refractivity contribution is 7.99. The van der Waals surface area contributed by atoms with Gasteiger partial charge in [0.05, 0.1) is 0 Å². The number of hydrazine groups is 1. The van der Waals surface area contributed by atoms with Gasteiger partial charge in [-0.1, -0.05) is 38.0 Å². The molecule has 3 heteroatoms. The van der Waals surface area contributed by atoms with Gasteiger partial charge in [-0.25, -0.2) is 0 Å². The number of aryl methyl sites for hydroxylation is 1. The SMILES string of the molecule is CCC(C)CC(CSc1ccc(C)cc1)NN. The highest BCUT2D eigenvalue weighted by Gasteiger charge is 2.11. The number of benzene rings is 1. The van der Waals surface area contributed by atoms with Gasteiger partial charge in [-0.2, -0.15) is 0 Å². The summed E-state index contributed by atoms with van der Waals surface area (Å²) in [7, 11) is 0. The third-order valence-electron chi connectivity index (χ3n) is 3.09. The lowest BCUT2D eigenvalue weighted by atomic mass is 10.0. The first kappa shape index (κ1) is 14.6. The van der Waals surface area contributed by atoms with Crippen LogP contribution in [0.2, 0.25) is 0 Å². The van der Waals surface area contributed by atoms with E-state index >= 15 is 0 Å². The van der Waals surface area contributed by atoms with E-state index in [4.69, 9.17) is 5.84 Å². The van der Waals surface area contributed by atoms with Gasteiger partial charge in [0.25, 0.3) is 0 Å². The predicted octanol–water partition coefficient (Wildman–Crippen LogP) is 3.36. The average molecular weight is 252 g/mol. The minimum Gasteiger partial charge on any atom is -0.271 e. The maximum absolute atomic E-state index is 5.60. The van der Waals surface area contributed by atoms with Crippen molar-refractivity contribution in [2.45, 2.75) is 44.6 Å². The first-order valence-corrected chi connectivity index (χ1v) is 7.29. The zero-order valence-corrected chi connectivity index (χ0v) is 11.9. The highest BCUT2D eigenvalue weighted by atomic mass is 32.2. The monoisotopic (exact) mass is 252 g/mol. The summed E-state index contributed by atoms with van der Waals surface area (Å²) in [5.41, 5.74) is 4.24. The molecule has 3 N–H and O–H groups in total. The molecule has 0 saturated heterocycles. The van der Waals surface area contributed by atoms with Crippen LogP contribution < -0.4 is 11.3 Å². The van der Waals surface area contributed by atoms with Gasteiger partial charge in [0.15, 0.2) is 0 Å². The predicted molar refractivity (Wildman–Crippen MR) is 77.1 cm³/mol. The van der Waals surface area contributed by atoms with Crippen molar-refractivity contribution in [3.05, 3.63) is 29.8 Å². The second kappa shape index (κ2) is 7.75. The van der Waals surface area contributed by atoms with Crippen LogP contribution in [0, 0.1) is 12.8 Å². The number of rotatable bonds is 7. The molecule has 0 bridgehead atoms. The first-order chi connectivity index (χ1) is 8.15.